The van der Waals surface area contributed by atoms with Gasteiger partial charge in [0.25, 0.3) is 5.91 Å². The Morgan fingerprint density at radius 1 is 1.33 bits per heavy atom. The number of methoxy groups -OCH3 is 1. The average Bonchev–Trinajstić information content (AvgIpc) is 2.37. The summed E-state index contributed by atoms with van der Waals surface area (Å²) >= 11 is 0. The topological polar surface area (TPSA) is 95.9 Å². The van der Waals surface area contributed by atoms with E-state index in [1.54, 1.807) is 6.07 Å². The molecule has 0 fully saturated rings. The van der Waals surface area contributed by atoms with Crippen LogP contribution in [0.15, 0.2) is 18.2 Å². The second-order valence-corrected chi connectivity index (χ2v) is 5.25. The van der Waals surface area contributed by atoms with Gasteiger partial charge in [0.1, 0.15) is 0 Å². The highest BCUT2D eigenvalue weighted by Crippen LogP contribution is 2.29. The number of nitrogens with one attached hydrogen (secondary N) is 1. The van der Waals surface area contributed by atoms with Crippen molar-refractivity contribution in [2.45, 2.75) is 32.7 Å². The smallest absolute Gasteiger partial charge is 0.305 e. The molecule has 0 heterocycles. The fourth-order valence-corrected chi connectivity index (χ4v) is 2.11. The van der Waals surface area contributed by atoms with Crippen LogP contribution in [0.4, 0.5) is 0 Å². The molecule has 0 aromatic heterocycles. The first-order chi connectivity index (χ1) is 9.85. The number of ether oxygens (including phenoxy) is 1. The standard InChI is InChI=1S/C15H21NO5/c1-9(2)7-10(8-13(17)18)16-15(20)11-5-4-6-12(21-3)14(11)19/h4-6,9-10,19H,7-8H2,1-3H3,(H,16,20)(H,17,18)/t10-/m0/s1. The largest absolute Gasteiger partial charge is 0.504 e. The molecule has 0 saturated carbocycles. The van der Waals surface area contributed by atoms with E-state index in [4.69, 9.17) is 9.84 Å². The van der Waals surface area contributed by atoms with E-state index in [2.05, 4.69) is 5.32 Å². The number of aliphatic carboxylic acids is 1. The molecule has 1 amide bonds. The number of carbonyl (C=O) groups excluding carboxylic acids is 1. The summed E-state index contributed by atoms with van der Waals surface area (Å²) in [5, 5.41) is 21.5. The van der Waals surface area contributed by atoms with Crippen molar-refractivity contribution in [1.29, 1.82) is 0 Å². The lowest BCUT2D eigenvalue weighted by molar-refractivity contribution is -0.137. The first kappa shape index (κ1) is 16.8. The Morgan fingerprint density at radius 3 is 2.52 bits per heavy atom. The predicted molar refractivity (Wildman–Crippen MR) is 77.6 cm³/mol. The molecule has 0 aliphatic heterocycles. The average molecular weight is 295 g/mol. The lowest BCUT2D eigenvalue weighted by Crippen LogP contribution is -2.37. The third-order valence-electron chi connectivity index (χ3n) is 2.98. The number of benzene rings is 1. The molecule has 0 saturated heterocycles. The van der Waals surface area contributed by atoms with Crippen molar-refractivity contribution < 1.29 is 24.5 Å². The predicted octanol–water partition coefficient (Wildman–Crippen LogP) is 2.02. The van der Waals surface area contributed by atoms with Gasteiger partial charge in [-0.3, -0.25) is 9.59 Å². The maximum Gasteiger partial charge on any atom is 0.305 e. The summed E-state index contributed by atoms with van der Waals surface area (Å²) in [6.07, 6.45) is 0.386. The van der Waals surface area contributed by atoms with Gasteiger partial charge in [-0.2, -0.15) is 0 Å². The van der Waals surface area contributed by atoms with E-state index in [1.807, 2.05) is 13.8 Å². The summed E-state index contributed by atoms with van der Waals surface area (Å²) < 4.78 is 4.95. The Balaban J connectivity index is 2.88. The van der Waals surface area contributed by atoms with Crippen molar-refractivity contribution in [1.82, 2.24) is 5.32 Å². The highest BCUT2D eigenvalue weighted by molar-refractivity contribution is 5.98. The number of rotatable bonds is 7. The zero-order chi connectivity index (χ0) is 16.0. The van der Waals surface area contributed by atoms with Crippen LogP contribution in [0.2, 0.25) is 0 Å². The van der Waals surface area contributed by atoms with Crippen LogP contribution in [0.5, 0.6) is 11.5 Å². The molecule has 0 aliphatic carbocycles. The van der Waals surface area contributed by atoms with Gasteiger partial charge in [-0.1, -0.05) is 19.9 Å². The number of aromatic hydroxyl groups is 1. The molecular weight excluding hydrogens is 274 g/mol. The molecule has 0 bridgehead atoms. The summed E-state index contributed by atoms with van der Waals surface area (Å²) in [6.45, 7) is 3.90. The van der Waals surface area contributed by atoms with Crippen molar-refractivity contribution >= 4 is 11.9 Å². The van der Waals surface area contributed by atoms with Gasteiger partial charge in [0.15, 0.2) is 11.5 Å². The molecule has 1 atom stereocenters. The number of hydrogen-bond donors (Lipinski definition) is 3. The number of hydrogen-bond acceptors (Lipinski definition) is 4. The van der Waals surface area contributed by atoms with E-state index in [-0.39, 0.29) is 29.4 Å². The van der Waals surface area contributed by atoms with Crippen LogP contribution in [0.3, 0.4) is 0 Å². The van der Waals surface area contributed by atoms with E-state index in [0.717, 1.165) is 0 Å². The Hall–Kier alpha value is -2.24. The van der Waals surface area contributed by atoms with Crippen molar-refractivity contribution in [3.05, 3.63) is 23.8 Å². The molecule has 0 unspecified atom stereocenters. The summed E-state index contributed by atoms with van der Waals surface area (Å²) in [5.74, 6) is -1.31. The first-order valence-corrected chi connectivity index (χ1v) is 6.73. The minimum Gasteiger partial charge on any atom is -0.504 e. The van der Waals surface area contributed by atoms with Crippen molar-refractivity contribution in [3.63, 3.8) is 0 Å². The number of phenolic OH excluding ortho intramolecular Hbond substituents is 1. The zero-order valence-electron chi connectivity index (χ0n) is 12.4. The van der Waals surface area contributed by atoms with Gasteiger partial charge in [-0.25, -0.2) is 0 Å². The van der Waals surface area contributed by atoms with Gasteiger partial charge < -0.3 is 20.3 Å². The van der Waals surface area contributed by atoms with E-state index in [1.165, 1.54) is 19.2 Å². The second kappa shape index (κ2) is 7.52. The fraction of sp³-hybridized carbons (Fsp3) is 0.467. The number of amides is 1. The Labute approximate surface area is 123 Å². The summed E-state index contributed by atoms with van der Waals surface area (Å²) in [4.78, 5) is 23.0. The summed E-state index contributed by atoms with van der Waals surface area (Å²) in [7, 11) is 1.39. The van der Waals surface area contributed by atoms with Crippen LogP contribution >= 0.6 is 0 Å². The molecule has 116 valence electrons. The molecule has 0 spiro atoms. The minimum absolute atomic E-state index is 0.0634. The van der Waals surface area contributed by atoms with Crippen LogP contribution < -0.4 is 10.1 Å². The number of carboxylic acids is 1. The monoisotopic (exact) mass is 295 g/mol. The Kier molecular flexibility index (Phi) is 6.02. The SMILES string of the molecule is COc1cccc(C(=O)N[C@H](CC(=O)O)CC(C)C)c1O. The number of phenols is 1. The van der Waals surface area contributed by atoms with E-state index >= 15 is 0 Å². The molecule has 0 aliphatic rings. The zero-order valence-corrected chi connectivity index (χ0v) is 12.4. The van der Waals surface area contributed by atoms with Gasteiger partial charge in [0, 0.05) is 6.04 Å². The first-order valence-electron chi connectivity index (χ1n) is 6.73. The van der Waals surface area contributed by atoms with Crippen LogP contribution in [0, 0.1) is 5.92 Å². The lowest BCUT2D eigenvalue weighted by atomic mass is 10.0. The molecule has 6 heteroatoms. The van der Waals surface area contributed by atoms with Crippen LogP contribution in [0.1, 0.15) is 37.0 Å². The molecule has 3 N–H and O–H groups in total. The molecule has 1 aromatic rings. The van der Waals surface area contributed by atoms with Gasteiger partial charge in [-0.15, -0.1) is 0 Å². The Morgan fingerprint density at radius 2 is 2.00 bits per heavy atom. The van der Waals surface area contributed by atoms with Crippen molar-refractivity contribution in [2.24, 2.45) is 5.92 Å². The Bertz CT molecular complexity index is 513. The second-order valence-electron chi connectivity index (χ2n) is 5.25. The maximum absolute atomic E-state index is 12.2. The van der Waals surface area contributed by atoms with Gasteiger partial charge in [0.2, 0.25) is 0 Å². The summed E-state index contributed by atoms with van der Waals surface area (Å²) in [6, 6.07) is 4.10. The molecule has 1 aromatic carbocycles. The van der Waals surface area contributed by atoms with Gasteiger partial charge in [0.05, 0.1) is 19.1 Å². The highest BCUT2D eigenvalue weighted by atomic mass is 16.5. The third kappa shape index (κ3) is 4.98. The molecule has 6 nitrogen and oxygen atoms in total. The highest BCUT2D eigenvalue weighted by Gasteiger charge is 2.21. The maximum atomic E-state index is 12.2. The van der Waals surface area contributed by atoms with Crippen LogP contribution in [0.25, 0.3) is 0 Å². The third-order valence-corrected chi connectivity index (χ3v) is 2.98. The number of carboxylic acid groups (broad SMARTS) is 1. The molecular formula is C15H21NO5. The van der Waals surface area contributed by atoms with Crippen molar-refractivity contribution in [2.75, 3.05) is 7.11 Å². The van der Waals surface area contributed by atoms with E-state index in [9.17, 15) is 14.7 Å². The molecule has 21 heavy (non-hydrogen) atoms. The number of carbonyl (C=O) groups is 2. The fourth-order valence-electron chi connectivity index (χ4n) is 2.11. The molecule has 0 radical (unpaired) electrons. The number of para-hydroxylation sites is 1. The van der Waals surface area contributed by atoms with Gasteiger partial charge in [-0.05, 0) is 24.5 Å². The van der Waals surface area contributed by atoms with Crippen molar-refractivity contribution in [3.8, 4) is 11.5 Å². The van der Waals surface area contributed by atoms with Crippen LogP contribution in [-0.4, -0.2) is 35.2 Å². The summed E-state index contributed by atoms with van der Waals surface area (Å²) in [5.41, 5.74) is 0.0634. The van der Waals surface area contributed by atoms with E-state index in [0.29, 0.717) is 6.42 Å². The lowest BCUT2D eigenvalue weighted by Gasteiger charge is -2.19. The minimum atomic E-state index is -0.976. The van der Waals surface area contributed by atoms with E-state index < -0.39 is 17.9 Å². The quantitative estimate of drug-likeness (QED) is 0.715. The van der Waals surface area contributed by atoms with Crippen LogP contribution in [-0.2, 0) is 4.79 Å². The van der Waals surface area contributed by atoms with Gasteiger partial charge >= 0.3 is 5.97 Å². The molecule has 1 rings (SSSR count). The normalized spacial score (nSPS) is 12.0.